The van der Waals surface area contributed by atoms with E-state index in [0.717, 1.165) is 27.4 Å². The molecule has 4 aromatic rings. The van der Waals surface area contributed by atoms with Crippen LogP contribution in [-0.2, 0) is 39.1 Å². The van der Waals surface area contributed by atoms with Crippen molar-refractivity contribution in [1.82, 2.24) is 20.1 Å². The van der Waals surface area contributed by atoms with Crippen LogP contribution in [0.4, 0.5) is 10.5 Å². The van der Waals surface area contributed by atoms with Gasteiger partial charge >= 0.3 is 12.0 Å². The first-order chi connectivity index (χ1) is 21.8. The second-order valence-corrected chi connectivity index (χ2v) is 11.8. The van der Waals surface area contributed by atoms with E-state index in [1.165, 1.54) is 7.11 Å². The lowest BCUT2D eigenvalue weighted by Gasteiger charge is -2.41. The second-order valence-electron chi connectivity index (χ2n) is 10.8. The number of hydrogen-bond acceptors (Lipinski definition) is 9. The van der Waals surface area contributed by atoms with Gasteiger partial charge in [0, 0.05) is 36.4 Å². The van der Waals surface area contributed by atoms with Crippen molar-refractivity contribution < 1.29 is 28.9 Å². The zero-order chi connectivity index (χ0) is 31.8. The number of benzene rings is 3. The number of rotatable bonds is 11. The Morgan fingerprint density at radius 1 is 1.02 bits per heavy atom. The number of aliphatic hydroxyl groups is 1. The topological polar surface area (TPSA) is 137 Å². The van der Waals surface area contributed by atoms with Crippen LogP contribution in [0.1, 0.15) is 41.6 Å². The minimum atomic E-state index is -0.864. The summed E-state index contributed by atoms with van der Waals surface area (Å²) in [7, 11) is 3.19. The van der Waals surface area contributed by atoms with Crippen molar-refractivity contribution in [2.24, 2.45) is 13.0 Å². The summed E-state index contributed by atoms with van der Waals surface area (Å²) in [5.41, 5.74) is 3.91. The van der Waals surface area contributed by atoms with Gasteiger partial charge in [-0.3, -0.25) is 0 Å². The molecular formula is C33H37N5O6S. The van der Waals surface area contributed by atoms with Crippen LogP contribution in [0, 0.1) is 5.92 Å². The Bertz CT molecular complexity index is 1570. The highest BCUT2D eigenvalue weighted by atomic mass is 32.2. The van der Waals surface area contributed by atoms with Crippen molar-refractivity contribution in [1.29, 1.82) is 0 Å². The highest BCUT2D eigenvalue weighted by molar-refractivity contribution is 7.99. The van der Waals surface area contributed by atoms with Gasteiger partial charge in [-0.05, 0) is 28.8 Å². The Kier molecular flexibility index (Phi) is 10.8. The third-order valence-corrected chi connectivity index (χ3v) is 8.78. The van der Waals surface area contributed by atoms with Crippen molar-refractivity contribution in [3.8, 4) is 0 Å². The Morgan fingerprint density at radius 3 is 2.49 bits per heavy atom. The lowest BCUT2D eigenvalue weighted by atomic mass is 9.91. The Morgan fingerprint density at radius 2 is 1.80 bits per heavy atom. The molecule has 3 aromatic carbocycles. The summed E-state index contributed by atoms with van der Waals surface area (Å²) in [5, 5.41) is 24.0. The zero-order valence-corrected chi connectivity index (χ0v) is 26.1. The number of anilines is 1. The number of nitrogens with one attached hydrogen (secondary N) is 2. The summed E-state index contributed by atoms with van der Waals surface area (Å²) < 4.78 is 19.9. The summed E-state index contributed by atoms with van der Waals surface area (Å²) in [5.74, 6) is 0.0771. The summed E-state index contributed by atoms with van der Waals surface area (Å²) in [6.07, 6.45) is 0.734. The van der Waals surface area contributed by atoms with E-state index in [9.17, 15) is 14.7 Å². The van der Waals surface area contributed by atoms with Crippen molar-refractivity contribution in [3.63, 3.8) is 0 Å². The van der Waals surface area contributed by atoms with Crippen LogP contribution < -0.4 is 10.6 Å². The number of aryl methyl sites for hydroxylation is 1. The van der Waals surface area contributed by atoms with Crippen LogP contribution in [0.3, 0.4) is 0 Å². The molecule has 1 aromatic heterocycles. The predicted octanol–water partition coefficient (Wildman–Crippen LogP) is 4.80. The number of amides is 2. The van der Waals surface area contributed by atoms with Crippen molar-refractivity contribution in [2.45, 2.75) is 49.6 Å². The van der Waals surface area contributed by atoms with Crippen LogP contribution in [0.2, 0.25) is 0 Å². The first-order valence-electron chi connectivity index (χ1n) is 14.6. The third-order valence-electron chi connectivity index (χ3n) is 7.66. The third kappa shape index (κ3) is 8.28. The van der Waals surface area contributed by atoms with Crippen molar-refractivity contribution in [2.75, 3.05) is 18.2 Å². The van der Waals surface area contributed by atoms with Crippen molar-refractivity contribution in [3.05, 3.63) is 107 Å². The van der Waals surface area contributed by atoms with E-state index < -0.39 is 24.3 Å². The van der Waals surface area contributed by atoms with Crippen molar-refractivity contribution >= 4 is 29.4 Å². The molecule has 12 heteroatoms. The number of thioether (sulfide) groups is 1. The van der Waals surface area contributed by atoms with Gasteiger partial charge in [-0.2, -0.15) is 0 Å². The molecule has 0 spiro atoms. The minimum Gasteiger partial charge on any atom is -0.467 e. The number of carbonyl (C=O) groups is 2. The SMILES string of the molecule is COC(=O)[C@H](Cc1ccccc1)NC(=O)Nc1cccc([C@@H]2O[C@H](CSc3nncn3C)[C@H](C)[C@H](c3ccc(CO)cc3)O2)c1. The van der Waals surface area contributed by atoms with Crippen LogP contribution in [0.25, 0.3) is 0 Å². The Hall–Kier alpha value is -4.23. The van der Waals surface area contributed by atoms with E-state index in [1.807, 2.05) is 78.3 Å². The van der Waals surface area contributed by atoms with Gasteiger partial charge in [0.25, 0.3) is 0 Å². The molecular weight excluding hydrogens is 594 g/mol. The molecule has 5 rings (SSSR count). The first-order valence-corrected chi connectivity index (χ1v) is 15.6. The van der Waals surface area contributed by atoms with Gasteiger partial charge < -0.3 is 34.5 Å². The van der Waals surface area contributed by atoms with E-state index in [-0.39, 0.29) is 31.2 Å². The summed E-state index contributed by atoms with van der Waals surface area (Å²) >= 11 is 1.56. The Balaban J connectivity index is 1.32. The predicted molar refractivity (Wildman–Crippen MR) is 169 cm³/mol. The van der Waals surface area contributed by atoms with E-state index in [4.69, 9.17) is 14.2 Å². The molecule has 0 radical (unpaired) electrons. The van der Waals surface area contributed by atoms with Crippen LogP contribution >= 0.6 is 11.8 Å². The normalized spacial score (nSPS) is 20.3. The molecule has 2 amide bonds. The van der Waals surface area contributed by atoms with Crippen LogP contribution in [0.5, 0.6) is 0 Å². The number of aromatic nitrogens is 3. The monoisotopic (exact) mass is 631 g/mol. The molecule has 1 fully saturated rings. The largest absolute Gasteiger partial charge is 0.467 e. The van der Waals surface area contributed by atoms with E-state index >= 15 is 0 Å². The fourth-order valence-electron chi connectivity index (χ4n) is 5.14. The van der Waals surface area contributed by atoms with E-state index in [0.29, 0.717) is 11.4 Å². The number of ether oxygens (including phenoxy) is 3. The molecule has 236 valence electrons. The molecule has 2 heterocycles. The maximum atomic E-state index is 13.0. The average molecular weight is 632 g/mol. The fraction of sp³-hybridized carbons (Fsp3) is 0.333. The highest BCUT2D eigenvalue weighted by Crippen LogP contribution is 2.43. The number of esters is 1. The number of urea groups is 1. The number of nitrogens with zero attached hydrogens (tertiary/aromatic N) is 3. The number of methoxy groups -OCH3 is 1. The molecule has 0 bridgehead atoms. The molecule has 0 saturated carbocycles. The fourth-order valence-corrected chi connectivity index (χ4v) is 6.19. The Labute approximate surface area is 266 Å². The smallest absolute Gasteiger partial charge is 0.328 e. The summed E-state index contributed by atoms with van der Waals surface area (Å²) in [4.78, 5) is 25.4. The van der Waals surface area contributed by atoms with Gasteiger partial charge in [0.15, 0.2) is 11.4 Å². The summed E-state index contributed by atoms with van der Waals surface area (Å²) in [6.45, 7) is 2.06. The maximum Gasteiger partial charge on any atom is 0.328 e. The van der Waals surface area contributed by atoms with Gasteiger partial charge in [0.1, 0.15) is 12.4 Å². The van der Waals surface area contributed by atoms with Crippen LogP contribution in [0.15, 0.2) is 90.3 Å². The number of aliphatic hydroxyl groups excluding tert-OH is 1. The minimum absolute atomic E-state index is 0.00564. The molecule has 1 saturated heterocycles. The van der Waals surface area contributed by atoms with Gasteiger partial charge in [0.05, 0.1) is 25.9 Å². The molecule has 3 N–H and O–H groups in total. The summed E-state index contributed by atoms with van der Waals surface area (Å²) in [6, 6.07) is 23.0. The highest BCUT2D eigenvalue weighted by Gasteiger charge is 2.38. The van der Waals surface area contributed by atoms with Gasteiger partial charge in [-0.15, -0.1) is 10.2 Å². The van der Waals surface area contributed by atoms with E-state index in [2.05, 4.69) is 27.8 Å². The lowest BCUT2D eigenvalue weighted by molar-refractivity contribution is -0.268. The average Bonchev–Trinajstić information content (AvgIpc) is 3.48. The molecule has 5 atom stereocenters. The zero-order valence-electron chi connectivity index (χ0n) is 25.3. The standard InChI is InChI=1S/C33H37N5O6S/c1-21-28(19-45-33-37-34-20-38(33)2)43-31(44-29(21)24-14-12-23(18-39)13-15-24)25-10-7-11-26(17-25)35-32(41)36-27(30(40)42-3)16-22-8-5-4-6-9-22/h4-15,17,20-21,27-29,31,39H,16,18-19H2,1-3H3,(H2,35,36,41)/t21-,27-,28+,29+,31+/m0/s1. The number of carbonyl (C=O) groups excluding carboxylic acids is 2. The molecule has 45 heavy (non-hydrogen) atoms. The number of hydrogen-bond donors (Lipinski definition) is 3. The van der Waals surface area contributed by atoms with E-state index in [1.54, 1.807) is 30.2 Å². The molecule has 11 nitrogen and oxygen atoms in total. The molecule has 1 aliphatic rings. The lowest BCUT2D eigenvalue weighted by Crippen LogP contribution is -2.45. The van der Waals surface area contributed by atoms with Crippen LogP contribution in [-0.4, -0.2) is 56.9 Å². The molecule has 0 aliphatic carbocycles. The maximum absolute atomic E-state index is 13.0. The van der Waals surface area contributed by atoms with Gasteiger partial charge in [-0.25, -0.2) is 9.59 Å². The van der Waals surface area contributed by atoms with Gasteiger partial charge in [0.2, 0.25) is 0 Å². The molecule has 0 unspecified atom stereocenters. The van der Waals surface area contributed by atoms with Gasteiger partial charge in [-0.1, -0.05) is 85.4 Å². The second kappa shape index (κ2) is 15.2. The quantitative estimate of drug-likeness (QED) is 0.158. The molecule has 1 aliphatic heterocycles. The first kappa shape index (κ1) is 32.2.